The molecule has 0 saturated carbocycles. The summed E-state index contributed by atoms with van der Waals surface area (Å²) in [4.78, 5) is 8.05. The van der Waals surface area contributed by atoms with E-state index in [1.54, 1.807) is 12.4 Å². The second-order valence-corrected chi connectivity index (χ2v) is 9.55. The van der Waals surface area contributed by atoms with Crippen LogP contribution in [0.15, 0.2) is 12.4 Å². The van der Waals surface area contributed by atoms with E-state index < -0.39 is 8.32 Å². The van der Waals surface area contributed by atoms with Crippen molar-refractivity contribution in [1.82, 2.24) is 9.97 Å². The fourth-order valence-electron chi connectivity index (χ4n) is 0.686. The van der Waals surface area contributed by atoms with Crippen molar-refractivity contribution in [3.8, 4) is 6.01 Å². The van der Waals surface area contributed by atoms with Gasteiger partial charge in [0.25, 0.3) is 14.3 Å². The van der Waals surface area contributed by atoms with Crippen LogP contribution in [0, 0.1) is 6.07 Å². The van der Waals surface area contributed by atoms with Gasteiger partial charge >= 0.3 is 18.9 Å². The quantitative estimate of drug-likeness (QED) is 0.501. The van der Waals surface area contributed by atoms with Crippen LogP contribution in [0.5, 0.6) is 6.01 Å². The summed E-state index contributed by atoms with van der Waals surface area (Å²) in [5.41, 5.74) is 0. The van der Waals surface area contributed by atoms with Crippen molar-refractivity contribution >= 4 is 8.32 Å². The Hall–Kier alpha value is -0.306. The molecule has 0 unspecified atom stereocenters. The first-order chi connectivity index (χ1) is 6.33. The molecule has 0 atom stereocenters. The van der Waals surface area contributed by atoms with Crippen LogP contribution in [0.2, 0.25) is 18.1 Å². The fraction of sp³-hybridized carbons (Fsp3) is 0.600. The van der Waals surface area contributed by atoms with E-state index in [9.17, 15) is 0 Å². The van der Waals surface area contributed by atoms with Crippen LogP contribution >= 0.6 is 0 Å². The zero-order valence-corrected chi connectivity index (χ0v) is 11.5. The van der Waals surface area contributed by atoms with Gasteiger partial charge in [-0.3, -0.25) is 0 Å². The minimum atomic E-state index is -1.78. The summed E-state index contributed by atoms with van der Waals surface area (Å²) < 4.78 is 5.86. The molecule has 0 amide bonds. The maximum Gasteiger partial charge on any atom is 1.00 e. The SMILES string of the molecule is CC(C)(C)[Si](C)(C)Oc1nc[c-]cn1.[Li+]. The van der Waals surface area contributed by atoms with Gasteiger partial charge in [-0.05, 0) is 18.1 Å². The first kappa shape index (κ1) is 14.7. The molecule has 15 heavy (non-hydrogen) atoms. The Kier molecular flexibility index (Phi) is 5.05. The van der Waals surface area contributed by atoms with Crippen LogP contribution in [0.3, 0.4) is 0 Å². The third-order valence-electron chi connectivity index (χ3n) is 2.65. The monoisotopic (exact) mass is 216 g/mol. The van der Waals surface area contributed by atoms with Gasteiger partial charge in [0, 0.05) is 0 Å². The van der Waals surface area contributed by atoms with E-state index in [1.807, 2.05) is 0 Å². The Bertz CT molecular complexity index is 298. The van der Waals surface area contributed by atoms with Crippen molar-refractivity contribution in [3.63, 3.8) is 0 Å². The molecular formula is C10H17LiN2OSi. The first-order valence-electron chi connectivity index (χ1n) is 4.70. The van der Waals surface area contributed by atoms with E-state index in [2.05, 4.69) is 49.9 Å². The Morgan fingerprint density at radius 1 is 1.20 bits per heavy atom. The Labute approximate surface area is 105 Å². The number of hydrogen-bond acceptors (Lipinski definition) is 3. The summed E-state index contributed by atoms with van der Waals surface area (Å²) >= 11 is 0. The summed E-state index contributed by atoms with van der Waals surface area (Å²) in [6, 6.07) is 3.24. The number of hydrogen-bond donors (Lipinski definition) is 0. The van der Waals surface area contributed by atoms with Gasteiger partial charge in [0.15, 0.2) is 0 Å². The second kappa shape index (κ2) is 5.15. The molecule has 1 aromatic heterocycles. The Balaban J connectivity index is 0.00000196. The topological polar surface area (TPSA) is 35.0 Å². The number of nitrogens with zero attached hydrogens (tertiary/aromatic N) is 2. The summed E-state index contributed by atoms with van der Waals surface area (Å²) in [7, 11) is -1.78. The molecule has 0 radical (unpaired) electrons. The molecule has 0 aromatic carbocycles. The number of aromatic nitrogens is 2. The summed E-state index contributed by atoms with van der Waals surface area (Å²) in [6.45, 7) is 10.9. The Morgan fingerprint density at radius 2 is 1.67 bits per heavy atom. The van der Waals surface area contributed by atoms with Crippen molar-refractivity contribution in [2.24, 2.45) is 0 Å². The van der Waals surface area contributed by atoms with Gasteiger partial charge in [0.1, 0.15) is 0 Å². The predicted molar refractivity (Wildman–Crippen MR) is 58.7 cm³/mol. The molecule has 1 aromatic rings. The van der Waals surface area contributed by atoms with Crippen molar-refractivity contribution in [3.05, 3.63) is 18.5 Å². The van der Waals surface area contributed by atoms with Gasteiger partial charge in [-0.15, -0.1) is 12.4 Å². The molecule has 78 valence electrons. The third kappa shape index (κ3) is 3.98. The second-order valence-electron chi connectivity index (χ2n) is 4.83. The zero-order valence-electron chi connectivity index (χ0n) is 10.5. The molecule has 1 rings (SSSR count). The van der Waals surface area contributed by atoms with Crippen LogP contribution in [-0.2, 0) is 0 Å². The molecular weight excluding hydrogens is 199 g/mol. The molecule has 0 aliphatic heterocycles. The average molecular weight is 216 g/mol. The molecule has 0 aliphatic rings. The molecule has 5 heteroatoms. The maximum absolute atomic E-state index is 5.86. The number of rotatable bonds is 2. The molecule has 3 nitrogen and oxygen atoms in total. The molecule has 0 aliphatic carbocycles. The van der Waals surface area contributed by atoms with Crippen molar-refractivity contribution in [1.29, 1.82) is 0 Å². The normalized spacial score (nSPS) is 11.8. The van der Waals surface area contributed by atoms with E-state index in [0.717, 1.165) is 0 Å². The van der Waals surface area contributed by atoms with Gasteiger partial charge in [0.2, 0.25) is 0 Å². The standard InChI is InChI=1S/C10H17N2OSi.Li/c1-10(2,3)14(4,5)13-9-11-7-6-8-12-9;/h7-8H,1-5H3;/q-1;+1. The van der Waals surface area contributed by atoms with Crippen molar-refractivity contribution in [2.45, 2.75) is 38.9 Å². The van der Waals surface area contributed by atoms with Crippen molar-refractivity contribution < 1.29 is 23.3 Å². The summed E-state index contributed by atoms with van der Waals surface area (Å²) in [6.07, 6.45) is 3.16. The van der Waals surface area contributed by atoms with Crippen molar-refractivity contribution in [2.75, 3.05) is 0 Å². The van der Waals surface area contributed by atoms with Gasteiger partial charge in [0.05, 0.1) is 0 Å². The van der Waals surface area contributed by atoms with Crippen LogP contribution < -0.4 is 23.3 Å². The molecule has 0 spiro atoms. The molecule has 0 N–H and O–H groups in total. The maximum atomic E-state index is 5.86. The van der Waals surface area contributed by atoms with Gasteiger partial charge in [-0.1, -0.05) is 20.8 Å². The summed E-state index contributed by atoms with van der Waals surface area (Å²) in [5, 5.41) is 0.177. The smallest absolute Gasteiger partial charge is 0.517 e. The molecule has 0 fully saturated rings. The minimum Gasteiger partial charge on any atom is -0.517 e. The summed E-state index contributed by atoms with van der Waals surface area (Å²) in [5.74, 6) is 0. The van der Waals surface area contributed by atoms with E-state index in [0.29, 0.717) is 6.01 Å². The van der Waals surface area contributed by atoms with E-state index >= 15 is 0 Å². The zero-order chi connectivity index (χ0) is 10.8. The van der Waals surface area contributed by atoms with E-state index in [4.69, 9.17) is 4.43 Å². The first-order valence-corrected chi connectivity index (χ1v) is 7.61. The Morgan fingerprint density at radius 3 is 2.07 bits per heavy atom. The predicted octanol–water partition coefficient (Wildman–Crippen LogP) is -0.335. The van der Waals surface area contributed by atoms with Crippen LogP contribution in [-0.4, -0.2) is 18.3 Å². The largest absolute Gasteiger partial charge is 1.00 e. The molecule has 1 heterocycles. The van der Waals surface area contributed by atoms with Gasteiger partial charge in [-0.25, -0.2) is 9.97 Å². The van der Waals surface area contributed by atoms with E-state index in [1.165, 1.54) is 0 Å². The average Bonchev–Trinajstić information content (AvgIpc) is 2.03. The van der Waals surface area contributed by atoms with Gasteiger partial charge in [-0.2, -0.15) is 0 Å². The van der Waals surface area contributed by atoms with Crippen LogP contribution in [0.4, 0.5) is 0 Å². The van der Waals surface area contributed by atoms with Crippen LogP contribution in [0.25, 0.3) is 0 Å². The third-order valence-corrected chi connectivity index (χ3v) is 6.96. The molecule has 0 saturated heterocycles. The van der Waals surface area contributed by atoms with E-state index in [-0.39, 0.29) is 23.9 Å². The fourth-order valence-corrected chi connectivity index (χ4v) is 1.55. The molecule has 0 bridgehead atoms. The van der Waals surface area contributed by atoms with Gasteiger partial charge < -0.3 is 10.5 Å². The van der Waals surface area contributed by atoms with Crippen LogP contribution in [0.1, 0.15) is 20.8 Å². The minimum absolute atomic E-state index is 0.